The zero-order valence-corrected chi connectivity index (χ0v) is 12.9. The molecule has 116 valence electrons. The van der Waals surface area contributed by atoms with E-state index in [4.69, 9.17) is 9.88 Å². The number of sulfonamides is 1. The lowest BCUT2D eigenvalue weighted by molar-refractivity contribution is 0.273. The summed E-state index contributed by atoms with van der Waals surface area (Å²) in [4.78, 5) is 2.26. The second kappa shape index (κ2) is 5.94. The van der Waals surface area contributed by atoms with Gasteiger partial charge in [0, 0.05) is 19.0 Å². The number of likely N-dealkylation sites (tertiary alicyclic amines) is 1. The molecular weight excluding hydrogens is 288 g/mol. The van der Waals surface area contributed by atoms with E-state index < -0.39 is 10.0 Å². The number of nitrogens with zero attached hydrogens (tertiary/aromatic N) is 1. The van der Waals surface area contributed by atoms with Crippen molar-refractivity contribution in [3.8, 4) is 5.75 Å². The van der Waals surface area contributed by atoms with E-state index in [-0.39, 0.29) is 11.8 Å². The quantitative estimate of drug-likeness (QED) is 0.877. The van der Waals surface area contributed by atoms with Gasteiger partial charge in [-0.2, -0.15) is 0 Å². The third-order valence-electron chi connectivity index (χ3n) is 4.37. The molecule has 0 saturated carbocycles. The van der Waals surface area contributed by atoms with Gasteiger partial charge in [0.2, 0.25) is 10.0 Å². The fourth-order valence-corrected chi connectivity index (χ4v) is 4.23. The maximum Gasteiger partial charge on any atom is 0.210 e. The second-order valence-electron chi connectivity index (χ2n) is 5.95. The van der Waals surface area contributed by atoms with Crippen LogP contribution in [-0.4, -0.2) is 44.8 Å². The second-order valence-corrected chi connectivity index (χ2v) is 7.61. The average Bonchev–Trinajstić information content (AvgIpc) is 3.02. The van der Waals surface area contributed by atoms with Gasteiger partial charge in [0.25, 0.3) is 0 Å². The zero-order valence-electron chi connectivity index (χ0n) is 12.1. The van der Waals surface area contributed by atoms with Crippen LogP contribution in [-0.2, 0) is 22.9 Å². The molecule has 1 fully saturated rings. The molecule has 0 aromatic heterocycles. The SMILES string of the molecule is NS(=O)(=O)C[C@@H]1CCCN1CCc1ccc2c(c1)CCO2. The summed E-state index contributed by atoms with van der Waals surface area (Å²) < 4.78 is 28.1. The van der Waals surface area contributed by atoms with Gasteiger partial charge >= 0.3 is 0 Å². The fourth-order valence-electron chi connectivity index (χ4n) is 3.31. The Balaban J connectivity index is 1.59. The molecular formula is C15H22N2O3S. The molecule has 0 aliphatic carbocycles. The van der Waals surface area contributed by atoms with E-state index >= 15 is 0 Å². The topological polar surface area (TPSA) is 72.6 Å². The van der Waals surface area contributed by atoms with Crippen LogP contribution in [0.2, 0.25) is 0 Å². The number of nitrogens with two attached hydrogens (primary N) is 1. The molecule has 2 heterocycles. The molecule has 0 radical (unpaired) electrons. The van der Waals surface area contributed by atoms with E-state index in [9.17, 15) is 8.42 Å². The van der Waals surface area contributed by atoms with Crippen molar-refractivity contribution in [2.75, 3.05) is 25.4 Å². The zero-order chi connectivity index (χ0) is 14.9. The summed E-state index contributed by atoms with van der Waals surface area (Å²) in [5, 5.41) is 5.18. The molecule has 1 aromatic carbocycles. The third kappa shape index (κ3) is 3.75. The van der Waals surface area contributed by atoms with Crippen LogP contribution in [0.3, 0.4) is 0 Å². The van der Waals surface area contributed by atoms with E-state index in [1.54, 1.807) is 0 Å². The molecule has 0 bridgehead atoms. The molecule has 0 amide bonds. The first-order chi connectivity index (χ1) is 10.0. The average molecular weight is 310 g/mol. The minimum absolute atomic E-state index is 0.0744. The van der Waals surface area contributed by atoms with Gasteiger partial charge in [-0.15, -0.1) is 0 Å². The fraction of sp³-hybridized carbons (Fsp3) is 0.600. The number of benzene rings is 1. The van der Waals surface area contributed by atoms with Crippen LogP contribution in [0, 0.1) is 0 Å². The summed E-state index contributed by atoms with van der Waals surface area (Å²) in [6.07, 6.45) is 3.90. The summed E-state index contributed by atoms with van der Waals surface area (Å²) in [6, 6.07) is 6.45. The van der Waals surface area contributed by atoms with Crippen molar-refractivity contribution in [1.29, 1.82) is 0 Å². The van der Waals surface area contributed by atoms with Gasteiger partial charge in [0.15, 0.2) is 0 Å². The molecule has 2 aliphatic heterocycles. The first-order valence-corrected chi connectivity index (χ1v) is 9.22. The van der Waals surface area contributed by atoms with Crippen molar-refractivity contribution >= 4 is 10.0 Å². The molecule has 6 heteroatoms. The van der Waals surface area contributed by atoms with Gasteiger partial charge < -0.3 is 4.74 Å². The first-order valence-electron chi connectivity index (χ1n) is 7.50. The standard InChI is InChI=1S/C15H22N2O3S/c16-21(18,19)11-14-2-1-7-17(14)8-5-12-3-4-15-13(10-12)6-9-20-15/h3-4,10,14H,1-2,5-9,11H2,(H2,16,18,19)/t14-/m0/s1. The van der Waals surface area contributed by atoms with Crippen LogP contribution >= 0.6 is 0 Å². The maximum atomic E-state index is 11.3. The van der Waals surface area contributed by atoms with Crippen molar-refractivity contribution in [3.05, 3.63) is 29.3 Å². The lowest BCUT2D eigenvalue weighted by Crippen LogP contribution is -2.38. The van der Waals surface area contributed by atoms with Crippen LogP contribution in [0.25, 0.3) is 0 Å². The highest BCUT2D eigenvalue weighted by Crippen LogP contribution is 2.26. The number of hydrogen-bond donors (Lipinski definition) is 1. The maximum absolute atomic E-state index is 11.3. The van der Waals surface area contributed by atoms with Crippen LogP contribution in [0.15, 0.2) is 18.2 Å². The molecule has 1 aromatic rings. The highest BCUT2D eigenvalue weighted by molar-refractivity contribution is 7.89. The van der Waals surface area contributed by atoms with Crippen molar-refractivity contribution in [3.63, 3.8) is 0 Å². The van der Waals surface area contributed by atoms with E-state index in [2.05, 4.69) is 17.0 Å². The first kappa shape index (κ1) is 14.8. The van der Waals surface area contributed by atoms with E-state index in [1.165, 1.54) is 11.1 Å². The summed E-state index contributed by atoms with van der Waals surface area (Å²) in [5.74, 6) is 1.08. The molecule has 0 unspecified atom stereocenters. The number of hydrogen-bond acceptors (Lipinski definition) is 4. The number of rotatable bonds is 5. The monoisotopic (exact) mass is 310 g/mol. The van der Waals surface area contributed by atoms with E-state index in [0.29, 0.717) is 0 Å². The Hall–Kier alpha value is -1.11. The van der Waals surface area contributed by atoms with Crippen molar-refractivity contribution < 1.29 is 13.2 Å². The van der Waals surface area contributed by atoms with Crippen LogP contribution in [0.1, 0.15) is 24.0 Å². The van der Waals surface area contributed by atoms with Crippen molar-refractivity contribution in [2.45, 2.75) is 31.7 Å². The van der Waals surface area contributed by atoms with Gasteiger partial charge in [0.1, 0.15) is 5.75 Å². The molecule has 2 aliphatic rings. The lowest BCUT2D eigenvalue weighted by Gasteiger charge is -2.23. The summed E-state index contributed by atoms with van der Waals surface area (Å²) >= 11 is 0. The highest BCUT2D eigenvalue weighted by atomic mass is 32.2. The summed E-state index contributed by atoms with van der Waals surface area (Å²) in [5.41, 5.74) is 2.58. The number of primary sulfonamides is 1. The lowest BCUT2D eigenvalue weighted by atomic mass is 10.1. The normalized spacial score (nSPS) is 22.2. The Morgan fingerprint density at radius 1 is 1.38 bits per heavy atom. The van der Waals surface area contributed by atoms with Crippen LogP contribution < -0.4 is 9.88 Å². The molecule has 3 rings (SSSR count). The largest absolute Gasteiger partial charge is 0.493 e. The van der Waals surface area contributed by atoms with Gasteiger partial charge in [-0.05, 0) is 43.0 Å². The van der Waals surface area contributed by atoms with Gasteiger partial charge in [0.05, 0.1) is 12.4 Å². The van der Waals surface area contributed by atoms with Crippen molar-refractivity contribution in [1.82, 2.24) is 4.90 Å². The van der Waals surface area contributed by atoms with Gasteiger partial charge in [-0.3, -0.25) is 4.90 Å². The molecule has 2 N–H and O–H groups in total. The Labute approximate surface area is 126 Å². The number of fused-ring (bicyclic) bond motifs is 1. The minimum Gasteiger partial charge on any atom is -0.493 e. The highest BCUT2D eigenvalue weighted by Gasteiger charge is 2.27. The van der Waals surface area contributed by atoms with Crippen molar-refractivity contribution in [2.24, 2.45) is 5.14 Å². The summed E-state index contributed by atoms with van der Waals surface area (Å²) in [7, 11) is -3.39. The molecule has 1 saturated heterocycles. The third-order valence-corrected chi connectivity index (χ3v) is 5.21. The van der Waals surface area contributed by atoms with E-state index in [1.807, 2.05) is 6.07 Å². The van der Waals surface area contributed by atoms with Crippen LogP contribution in [0.4, 0.5) is 0 Å². The minimum atomic E-state index is -3.39. The Bertz CT molecular complexity index is 615. The predicted octanol–water partition coefficient (Wildman–Crippen LogP) is 0.917. The van der Waals surface area contributed by atoms with Gasteiger partial charge in [-0.25, -0.2) is 13.6 Å². The molecule has 21 heavy (non-hydrogen) atoms. The molecule has 5 nitrogen and oxygen atoms in total. The summed E-state index contributed by atoms with van der Waals surface area (Å²) in [6.45, 7) is 2.63. The number of ether oxygens (including phenoxy) is 1. The predicted molar refractivity (Wildman–Crippen MR) is 81.9 cm³/mol. The Morgan fingerprint density at radius 3 is 3.05 bits per heavy atom. The smallest absolute Gasteiger partial charge is 0.210 e. The van der Waals surface area contributed by atoms with Gasteiger partial charge in [-0.1, -0.05) is 12.1 Å². The Morgan fingerprint density at radius 2 is 2.24 bits per heavy atom. The van der Waals surface area contributed by atoms with Crippen LogP contribution in [0.5, 0.6) is 5.75 Å². The molecule has 1 atom stereocenters. The van der Waals surface area contributed by atoms with E-state index in [0.717, 1.165) is 51.1 Å². The Kier molecular flexibility index (Phi) is 4.19. The molecule has 0 spiro atoms.